The average molecular weight is 375 g/mol. The molecule has 0 saturated carbocycles. The van der Waals surface area contributed by atoms with E-state index < -0.39 is 0 Å². The molecule has 0 aliphatic heterocycles. The summed E-state index contributed by atoms with van der Waals surface area (Å²) in [6, 6.07) is 24.3. The fourth-order valence-electron chi connectivity index (χ4n) is 2.59. The Hall–Kier alpha value is -3.60. The molecule has 0 bridgehead atoms. The van der Waals surface area contributed by atoms with Crippen molar-refractivity contribution in [2.24, 2.45) is 0 Å². The van der Waals surface area contributed by atoms with Crippen LogP contribution in [0.2, 0.25) is 0 Å². The van der Waals surface area contributed by atoms with E-state index in [1.54, 1.807) is 24.3 Å². The SMILES string of the molecule is O=Cc1ccccc1OCC(=O)NCc1cccc(OCc2ccccc2)c1. The van der Waals surface area contributed by atoms with Crippen LogP contribution in [0.1, 0.15) is 21.5 Å². The van der Waals surface area contributed by atoms with Gasteiger partial charge in [0.2, 0.25) is 0 Å². The van der Waals surface area contributed by atoms with Crippen LogP contribution in [0.15, 0.2) is 78.9 Å². The predicted molar refractivity (Wildman–Crippen MR) is 106 cm³/mol. The quantitative estimate of drug-likeness (QED) is 0.578. The maximum Gasteiger partial charge on any atom is 0.258 e. The van der Waals surface area contributed by atoms with E-state index in [1.807, 2.05) is 54.6 Å². The molecule has 28 heavy (non-hydrogen) atoms. The molecule has 3 aromatic carbocycles. The maximum atomic E-state index is 12.0. The van der Waals surface area contributed by atoms with Crippen molar-refractivity contribution in [2.45, 2.75) is 13.2 Å². The van der Waals surface area contributed by atoms with Crippen molar-refractivity contribution in [3.8, 4) is 11.5 Å². The topological polar surface area (TPSA) is 64.6 Å². The summed E-state index contributed by atoms with van der Waals surface area (Å²) in [5, 5.41) is 2.80. The number of rotatable bonds is 9. The number of hydrogen-bond acceptors (Lipinski definition) is 4. The lowest BCUT2D eigenvalue weighted by atomic mass is 10.2. The lowest BCUT2D eigenvalue weighted by Gasteiger charge is -2.10. The summed E-state index contributed by atoms with van der Waals surface area (Å²) < 4.78 is 11.2. The first-order chi connectivity index (χ1) is 13.7. The second kappa shape index (κ2) is 9.92. The zero-order valence-electron chi connectivity index (χ0n) is 15.3. The molecule has 3 aromatic rings. The minimum Gasteiger partial charge on any atom is -0.489 e. The number of nitrogens with one attached hydrogen (secondary N) is 1. The zero-order valence-corrected chi connectivity index (χ0v) is 15.3. The molecule has 1 amide bonds. The number of benzene rings is 3. The Kier molecular flexibility index (Phi) is 6.79. The molecule has 0 unspecified atom stereocenters. The fraction of sp³-hybridized carbons (Fsp3) is 0.130. The van der Waals surface area contributed by atoms with Crippen LogP contribution < -0.4 is 14.8 Å². The molecule has 5 heteroatoms. The molecule has 0 spiro atoms. The van der Waals surface area contributed by atoms with E-state index in [2.05, 4.69) is 5.32 Å². The van der Waals surface area contributed by atoms with E-state index in [9.17, 15) is 9.59 Å². The first-order valence-corrected chi connectivity index (χ1v) is 8.94. The third kappa shape index (κ3) is 5.71. The highest BCUT2D eigenvalue weighted by atomic mass is 16.5. The molecule has 3 rings (SSSR count). The molecule has 0 saturated heterocycles. The van der Waals surface area contributed by atoms with E-state index in [0.29, 0.717) is 30.8 Å². The molecule has 0 aliphatic rings. The predicted octanol–water partition coefficient (Wildman–Crippen LogP) is 3.77. The Bertz CT molecular complexity index is 925. The summed E-state index contributed by atoms with van der Waals surface area (Å²) in [7, 11) is 0. The Morgan fingerprint density at radius 1 is 0.857 bits per heavy atom. The minimum absolute atomic E-state index is 0.158. The number of hydrogen-bond donors (Lipinski definition) is 1. The number of ether oxygens (including phenoxy) is 2. The molecule has 0 fully saturated rings. The number of para-hydroxylation sites is 1. The largest absolute Gasteiger partial charge is 0.489 e. The van der Waals surface area contributed by atoms with Gasteiger partial charge in [-0.05, 0) is 35.4 Å². The van der Waals surface area contributed by atoms with Crippen molar-refractivity contribution < 1.29 is 19.1 Å². The number of aldehydes is 1. The van der Waals surface area contributed by atoms with Gasteiger partial charge in [-0.15, -0.1) is 0 Å². The van der Waals surface area contributed by atoms with Gasteiger partial charge in [-0.2, -0.15) is 0 Å². The van der Waals surface area contributed by atoms with Crippen LogP contribution in [0.3, 0.4) is 0 Å². The van der Waals surface area contributed by atoms with Crippen molar-refractivity contribution in [3.05, 3.63) is 95.6 Å². The smallest absolute Gasteiger partial charge is 0.258 e. The third-order valence-corrected chi connectivity index (χ3v) is 4.04. The van der Waals surface area contributed by atoms with E-state index >= 15 is 0 Å². The van der Waals surface area contributed by atoms with Crippen molar-refractivity contribution in [1.29, 1.82) is 0 Å². The van der Waals surface area contributed by atoms with Gasteiger partial charge in [-0.3, -0.25) is 9.59 Å². The maximum absolute atomic E-state index is 12.0. The first-order valence-electron chi connectivity index (χ1n) is 8.94. The van der Waals surface area contributed by atoms with Gasteiger partial charge in [-0.25, -0.2) is 0 Å². The molecule has 0 radical (unpaired) electrons. The van der Waals surface area contributed by atoms with E-state index in [-0.39, 0.29) is 12.5 Å². The molecular formula is C23H21NO4. The molecule has 0 atom stereocenters. The van der Waals surface area contributed by atoms with Gasteiger partial charge in [0.1, 0.15) is 18.1 Å². The van der Waals surface area contributed by atoms with Crippen LogP contribution in [0, 0.1) is 0 Å². The number of carbonyl (C=O) groups is 2. The summed E-state index contributed by atoms with van der Waals surface area (Å²) in [6.45, 7) is 0.690. The standard InChI is InChI=1S/C23H21NO4/c25-15-20-10-4-5-12-22(20)28-17-23(26)24-14-19-9-6-11-21(13-19)27-16-18-7-2-1-3-8-18/h1-13,15H,14,16-17H2,(H,24,26). The lowest BCUT2D eigenvalue weighted by molar-refractivity contribution is -0.123. The monoisotopic (exact) mass is 375 g/mol. The van der Waals surface area contributed by atoms with Crippen LogP contribution >= 0.6 is 0 Å². The van der Waals surface area contributed by atoms with Crippen molar-refractivity contribution in [3.63, 3.8) is 0 Å². The normalized spacial score (nSPS) is 10.1. The summed E-state index contributed by atoms with van der Waals surface area (Å²) in [5.41, 5.74) is 2.43. The van der Waals surface area contributed by atoms with E-state index in [1.165, 1.54) is 0 Å². The van der Waals surface area contributed by atoms with Crippen LogP contribution in [0.4, 0.5) is 0 Å². The number of amides is 1. The van der Waals surface area contributed by atoms with E-state index in [0.717, 1.165) is 16.9 Å². The summed E-state index contributed by atoms with van der Waals surface area (Å²) in [5.74, 6) is 0.868. The van der Waals surface area contributed by atoms with Crippen LogP contribution in [0.25, 0.3) is 0 Å². The van der Waals surface area contributed by atoms with Crippen molar-refractivity contribution in [2.75, 3.05) is 6.61 Å². The molecule has 142 valence electrons. The van der Waals surface area contributed by atoms with Gasteiger partial charge in [0.25, 0.3) is 5.91 Å². The second-order valence-corrected chi connectivity index (χ2v) is 6.14. The van der Waals surface area contributed by atoms with Gasteiger partial charge in [0.15, 0.2) is 12.9 Å². The summed E-state index contributed by atoms with van der Waals surface area (Å²) in [4.78, 5) is 23.0. The Morgan fingerprint density at radius 3 is 2.43 bits per heavy atom. The van der Waals surface area contributed by atoms with Crippen LogP contribution in [-0.2, 0) is 17.9 Å². The highest BCUT2D eigenvalue weighted by molar-refractivity contribution is 5.80. The van der Waals surface area contributed by atoms with Gasteiger partial charge in [-0.1, -0.05) is 54.6 Å². The minimum atomic E-state index is -0.267. The van der Waals surface area contributed by atoms with Crippen molar-refractivity contribution in [1.82, 2.24) is 5.32 Å². The molecule has 0 aliphatic carbocycles. The van der Waals surface area contributed by atoms with Gasteiger partial charge >= 0.3 is 0 Å². The Labute approximate surface area is 163 Å². The lowest BCUT2D eigenvalue weighted by Crippen LogP contribution is -2.28. The number of carbonyl (C=O) groups excluding carboxylic acids is 2. The van der Waals surface area contributed by atoms with E-state index in [4.69, 9.17) is 9.47 Å². The molecule has 0 heterocycles. The van der Waals surface area contributed by atoms with Gasteiger partial charge < -0.3 is 14.8 Å². The van der Waals surface area contributed by atoms with Crippen molar-refractivity contribution >= 4 is 12.2 Å². The summed E-state index contributed by atoms with van der Waals surface area (Å²) in [6.07, 6.45) is 0.703. The Morgan fingerprint density at radius 2 is 1.61 bits per heavy atom. The van der Waals surface area contributed by atoms with Crippen LogP contribution in [-0.4, -0.2) is 18.8 Å². The molecule has 0 aromatic heterocycles. The molecule has 1 N–H and O–H groups in total. The van der Waals surface area contributed by atoms with Gasteiger partial charge in [0.05, 0.1) is 5.56 Å². The fourth-order valence-corrected chi connectivity index (χ4v) is 2.59. The van der Waals surface area contributed by atoms with Gasteiger partial charge in [0, 0.05) is 6.54 Å². The molecular weight excluding hydrogens is 354 g/mol. The first kappa shape index (κ1) is 19.2. The highest BCUT2D eigenvalue weighted by Gasteiger charge is 2.06. The average Bonchev–Trinajstić information content (AvgIpc) is 2.76. The zero-order chi connectivity index (χ0) is 19.6. The third-order valence-electron chi connectivity index (χ3n) is 4.04. The summed E-state index contributed by atoms with van der Waals surface area (Å²) >= 11 is 0. The molecule has 5 nitrogen and oxygen atoms in total. The van der Waals surface area contributed by atoms with Crippen LogP contribution in [0.5, 0.6) is 11.5 Å². The second-order valence-electron chi connectivity index (χ2n) is 6.14. The highest BCUT2D eigenvalue weighted by Crippen LogP contribution is 2.16. The Balaban J connectivity index is 1.47.